The van der Waals surface area contributed by atoms with Crippen molar-refractivity contribution in [1.29, 1.82) is 0 Å². The van der Waals surface area contributed by atoms with Crippen molar-refractivity contribution >= 4 is 23.0 Å². The summed E-state index contributed by atoms with van der Waals surface area (Å²) in [6.07, 6.45) is 5.38. The summed E-state index contributed by atoms with van der Waals surface area (Å²) in [5.41, 5.74) is 0.445. The summed E-state index contributed by atoms with van der Waals surface area (Å²) in [7, 11) is 1.76. The molecule has 0 aromatic carbocycles. The standard InChI is InChI=1S/C11H15N7O2/c1-3-4-12-10-9(18(19)20)11(14-7-13-10)16-8-5-15-17(2)6-8/h5-7H,3-4H2,1-2H3,(H2,12,13,14,16). The lowest BCUT2D eigenvalue weighted by Crippen LogP contribution is -2.08. The van der Waals surface area contributed by atoms with E-state index in [2.05, 4.69) is 25.7 Å². The van der Waals surface area contributed by atoms with Crippen LogP contribution in [-0.4, -0.2) is 31.2 Å². The van der Waals surface area contributed by atoms with E-state index in [-0.39, 0.29) is 17.3 Å². The van der Waals surface area contributed by atoms with Crippen molar-refractivity contribution in [2.45, 2.75) is 13.3 Å². The molecule has 20 heavy (non-hydrogen) atoms. The first-order valence-electron chi connectivity index (χ1n) is 6.10. The van der Waals surface area contributed by atoms with Gasteiger partial charge in [0, 0.05) is 19.8 Å². The van der Waals surface area contributed by atoms with E-state index in [1.807, 2.05) is 6.92 Å². The van der Waals surface area contributed by atoms with Crippen LogP contribution >= 0.6 is 0 Å². The molecule has 0 radical (unpaired) electrons. The van der Waals surface area contributed by atoms with E-state index in [1.54, 1.807) is 24.1 Å². The van der Waals surface area contributed by atoms with Gasteiger partial charge < -0.3 is 10.6 Å². The van der Waals surface area contributed by atoms with E-state index in [0.717, 1.165) is 6.42 Å². The number of hydrogen-bond donors (Lipinski definition) is 2. The first-order valence-corrected chi connectivity index (χ1v) is 6.10. The Hall–Kier alpha value is -2.71. The molecule has 2 aromatic rings. The van der Waals surface area contributed by atoms with Crippen LogP contribution in [0.25, 0.3) is 0 Å². The summed E-state index contributed by atoms with van der Waals surface area (Å²) >= 11 is 0. The third-order valence-electron chi connectivity index (χ3n) is 2.51. The minimum absolute atomic E-state index is 0.136. The molecule has 2 heterocycles. The first kappa shape index (κ1) is 13.7. The Morgan fingerprint density at radius 2 is 2.15 bits per heavy atom. The number of aryl methyl sites for hydroxylation is 1. The number of hydrogen-bond acceptors (Lipinski definition) is 7. The second-order valence-corrected chi connectivity index (χ2v) is 4.13. The van der Waals surface area contributed by atoms with Crippen LogP contribution < -0.4 is 10.6 Å². The van der Waals surface area contributed by atoms with Crippen molar-refractivity contribution in [1.82, 2.24) is 19.7 Å². The first-order chi connectivity index (χ1) is 9.61. The van der Waals surface area contributed by atoms with Crippen molar-refractivity contribution in [2.75, 3.05) is 17.2 Å². The lowest BCUT2D eigenvalue weighted by atomic mass is 10.4. The quantitative estimate of drug-likeness (QED) is 0.610. The maximum atomic E-state index is 11.2. The molecule has 0 atom stereocenters. The summed E-state index contributed by atoms with van der Waals surface area (Å²) < 4.78 is 1.59. The van der Waals surface area contributed by atoms with Crippen molar-refractivity contribution in [3.05, 3.63) is 28.8 Å². The van der Waals surface area contributed by atoms with Gasteiger partial charge in [-0.2, -0.15) is 5.10 Å². The summed E-state index contributed by atoms with van der Waals surface area (Å²) in [5.74, 6) is 0.342. The predicted molar refractivity (Wildman–Crippen MR) is 74.0 cm³/mol. The number of nitrogens with zero attached hydrogens (tertiary/aromatic N) is 5. The maximum Gasteiger partial charge on any atom is 0.353 e. The number of anilines is 3. The zero-order chi connectivity index (χ0) is 14.5. The molecule has 0 saturated heterocycles. The summed E-state index contributed by atoms with van der Waals surface area (Å²) in [4.78, 5) is 18.6. The summed E-state index contributed by atoms with van der Waals surface area (Å²) in [6.45, 7) is 2.57. The van der Waals surface area contributed by atoms with Crippen LogP contribution in [0.15, 0.2) is 18.7 Å². The number of rotatable bonds is 6. The van der Waals surface area contributed by atoms with Gasteiger partial charge in [0.15, 0.2) is 0 Å². The molecule has 0 unspecified atom stereocenters. The molecule has 9 heteroatoms. The predicted octanol–water partition coefficient (Wildman–Crippen LogP) is 1.68. The number of aromatic nitrogens is 4. The lowest BCUT2D eigenvalue weighted by molar-refractivity contribution is -0.383. The van der Waals surface area contributed by atoms with E-state index >= 15 is 0 Å². The highest BCUT2D eigenvalue weighted by molar-refractivity contribution is 5.73. The Bertz CT molecular complexity index is 611. The van der Waals surface area contributed by atoms with Crippen molar-refractivity contribution in [3.8, 4) is 0 Å². The Labute approximate surface area is 115 Å². The molecule has 0 saturated carbocycles. The molecule has 106 valence electrons. The Morgan fingerprint density at radius 3 is 2.75 bits per heavy atom. The van der Waals surface area contributed by atoms with E-state index in [1.165, 1.54) is 6.33 Å². The third kappa shape index (κ3) is 2.99. The second-order valence-electron chi connectivity index (χ2n) is 4.13. The van der Waals surface area contributed by atoms with Gasteiger partial charge >= 0.3 is 5.69 Å². The fourth-order valence-electron chi connectivity index (χ4n) is 1.64. The van der Waals surface area contributed by atoms with Crippen molar-refractivity contribution < 1.29 is 4.92 Å². The molecular weight excluding hydrogens is 262 g/mol. The van der Waals surface area contributed by atoms with Crippen LogP contribution in [0.3, 0.4) is 0 Å². The molecule has 0 aliphatic carbocycles. The molecule has 0 aliphatic heterocycles. The highest BCUT2D eigenvalue weighted by atomic mass is 16.6. The monoisotopic (exact) mass is 277 g/mol. The normalized spacial score (nSPS) is 10.3. The zero-order valence-electron chi connectivity index (χ0n) is 11.2. The van der Waals surface area contributed by atoms with Gasteiger partial charge in [0.05, 0.1) is 16.8 Å². The van der Waals surface area contributed by atoms with Gasteiger partial charge in [-0.15, -0.1) is 0 Å². The van der Waals surface area contributed by atoms with Gasteiger partial charge in [-0.1, -0.05) is 6.92 Å². The highest BCUT2D eigenvalue weighted by Gasteiger charge is 2.22. The molecule has 0 spiro atoms. The van der Waals surface area contributed by atoms with Crippen LogP contribution in [0.5, 0.6) is 0 Å². The molecular formula is C11H15N7O2. The topological polar surface area (TPSA) is 111 Å². The second kappa shape index (κ2) is 5.95. The largest absolute Gasteiger partial charge is 0.364 e. The smallest absolute Gasteiger partial charge is 0.353 e. The Balaban J connectivity index is 2.33. The van der Waals surface area contributed by atoms with Crippen molar-refractivity contribution in [2.24, 2.45) is 7.05 Å². The van der Waals surface area contributed by atoms with Gasteiger partial charge in [0.1, 0.15) is 6.33 Å². The van der Waals surface area contributed by atoms with Crippen molar-refractivity contribution in [3.63, 3.8) is 0 Å². The van der Waals surface area contributed by atoms with E-state index in [9.17, 15) is 10.1 Å². The van der Waals surface area contributed by atoms with Crippen LogP contribution in [0.2, 0.25) is 0 Å². The average molecular weight is 277 g/mol. The minimum Gasteiger partial charge on any atom is -0.364 e. The molecule has 0 fully saturated rings. The number of nitro groups is 1. The van der Waals surface area contributed by atoms with E-state index in [4.69, 9.17) is 0 Å². The Kier molecular flexibility index (Phi) is 4.08. The lowest BCUT2D eigenvalue weighted by Gasteiger charge is -2.08. The molecule has 0 bridgehead atoms. The van der Waals surface area contributed by atoms with Gasteiger partial charge in [0.25, 0.3) is 0 Å². The van der Waals surface area contributed by atoms with E-state index < -0.39 is 4.92 Å². The molecule has 9 nitrogen and oxygen atoms in total. The van der Waals surface area contributed by atoms with Gasteiger partial charge in [-0.25, -0.2) is 9.97 Å². The average Bonchev–Trinajstić information content (AvgIpc) is 2.81. The van der Waals surface area contributed by atoms with Crippen LogP contribution in [0, 0.1) is 10.1 Å². The molecule has 2 N–H and O–H groups in total. The van der Waals surface area contributed by atoms with Crippen LogP contribution in [0.4, 0.5) is 23.0 Å². The molecule has 2 rings (SSSR count). The van der Waals surface area contributed by atoms with Gasteiger partial charge in [0.2, 0.25) is 11.6 Å². The summed E-state index contributed by atoms with van der Waals surface area (Å²) in [5, 5.41) is 21.0. The maximum absolute atomic E-state index is 11.2. The molecule has 0 aliphatic rings. The van der Waals surface area contributed by atoms with Gasteiger partial charge in [-0.3, -0.25) is 14.8 Å². The van der Waals surface area contributed by atoms with Crippen LogP contribution in [0.1, 0.15) is 13.3 Å². The molecule has 2 aromatic heterocycles. The van der Waals surface area contributed by atoms with E-state index in [0.29, 0.717) is 12.2 Å². The summed E-state index contributed by atoms with van der Waals surface area (Å²) in [6, 6.07) is 0. The van der Waals surface area contributed by atoms with Gasteiger partial charge in [-0.05, 0) is 6.42 Å². The SMILES string of the molecule is CCCNc1ncnc(Nc2cnn(C)c2)c1[N+](=O)[O-]. The number of nitrogens with one attached hydrogen (secondary N) is 2. The minimum atomic E-state index is -0.503. The highest BCUT2D eigenvalue weighted by Crippen LogP contribution is 2.30. The Morgan fingerprint density at radius 1 is 1.40 bits per heavy atom. The molecule has 0 amide bonds. The van der Waals surface area contributed by atoms with Crippen LogP contribution in [-0.2, 0) is 7.05 Å². The fraction of sp³-hybridized carbons (Fsp3) is 0.364. The third-order valence-corrected chi connectivity index (χ3v) is 2.51. The zero-order valence-corrected chi connectivity index (χ0v) is 11.2. The fourth-order valence-corrected chi connectivity index (χ4v) is 1.64.